The molecule has 0 spiro atoms. The van der Waals surface area contributed by atoms with Crippen molar-refractivity contribution in [2.75, 3.05) is 26.4 Å². The van der Waals surface area contributed by atoms with Crippen LogP contribution in [0.25, 0.3) is 0 Å². The Morgan fingerprint density at radius 2 is 1.23 bits per heavy atom. The Morgan fingerprint density at radius 3 is 1.83 bits per heavy atom. The third kappa shape index (κ3) is 33.2. The minimum atomic E-state index is -4.40. The van der Waals surface area contributed by atoms with Gasteiger partial charge in [0.2, 0.25) is 0 Å². The first kappa shape index (κ1) is 44.5. The molecule has 0 aliphatic carbocycles. The summed E-state index contributed by atoms with van der Waals surface area (Å²) in [5, 5.41) is 0. The molecule has 0 aromatic rings. The summed E-state index contributed by atoms with van der Waals surface area (Å²) < 4.78 is 32.4. The molecule has 268 valence electrons. The lowest BCUT2D eigenvalue weighted by molar-refractivity contribution is -0.160. The predicted octanol–water partition coefficient (Wildman–Crippen LogP) is 9.15. The van der Waals surface area contributed by atoms with Gasteiger partial charge in [0, 0.05) is 13.0 Å². The maximum atomic E-state index is 12.4. The van der Waals surface area contributed by atoms with Gasteiger partial charge in [-0.1, -0.05) is 119 Å². The van der Waals surface area contributed by atoms with Gasteiger partial charge < -0.3 is 20.1 Å². The van der Waals surface area contributed by atoms with Crippen molar-refractivity contribution < 1.29 is 37.6 Å². The Bertz CT molecular complexity index is 1000. The molecule has 0 saturated carbocycles. The molecule has 47 heavy (non-hydrogen) atoms. The Labute approximate surface area is 284 Å². The monoisotopic (exact) mass is 679 g/mol. The van der Waals surface area contributed by atoms with Crippen molar-refractivity contribution >= 4 is 19.8 Å². The predicted molar refractivity (Wildman–Crippen MR) is 192 cm³/mol. The number of carbonyl (C=O) groups is 2. The van der Waals surface area contributed by atoms with Gasteiger partial charge in [-0.3, -0.25) is 18.6 Å². The molecule has 9 nitrogen and oxygen atoms in total. The van der Waals surface area contributed by atoms with E-state index in [2.05, 4.69) is 68.5 Å². The fourth-order valence-corrected chi connectivity index (χ4v) is 4.81. The van der Waals surface area contributed by atoms with Gasteiger partial charge in [0.1, 0.15) is 6.61 Å². The molecule has 0 heterocycles. The first-order valence-electron chi connectivity index (χ1n) is 17.4. The minimum absolute atomic E-state index is 0.00699. The van der Waals surface area contributed by atoms with Crippen molar-refractivity contribution in [2.24, 2.45) is 5.73 Å². The van der Waals surface area contributed by atoms with Crippen LogP contribution in [0.15, 0.2) is 72.9 Å². The van der Waals surface area contributed by atoms with Crippen molar-refractivity contribution in [3.63, 3.8) is 0 Å². The van der Waals surface area contributed by atoms with E-state index >= 15 is 0 Å². The van der Waals surface area contributed by atoms with E-state index in [0.29, 0.717) is 12.8 Å². The quantitative estimate of drug-likeness (QED) is 0.0318. The summed E-state index contributed by atoms with van der Waals surface area (Å²) in [6.07, 6.45) is 38.2. The van der Waals surface area contributed by atoms with Crippen molar-refractivity contribution in [2.45, 2.75) is 123 Å². The van der Waals surface area contributed by atoms with Crippen LogP contribution >= 0.6 is 7.82 Å². The lowest BCUT2D eigenvalue weighted by atomic mass is 10.1. The highest BCUT2D eigenvalue weighted by Crippen LogP contribution is 2.43. The number of allylic oxidation sites excluding steroid dienone is 11. The molecule has 0 aliphatic rings. The first-order chi connectivity index (χ1) is 22.8. The van der Waals surface area contributed by atoms with Gasteiger partial charge in [-0.25, -0.2) is 4.57 Å². The highest BCUT2D eigenvalue weighted by Gasteiger charge is 2.25. The smallest absolute Gasteiger partial charge is 0.462 e. The summed E-state index contributed by atoms with van der Waals surface area (Å²) >= 11 is 0. The molecule has 0 aromatic carbocycles. The molecule has 0 fully saturated rings. The van der Waals surface area contributed by atoms with Crippen LogP contribution in [0, 0.1) is 0 Å². The number of hydrogen-bond donors (Lipinski definition) is 2. The molecular formula is C37H62NO8P. The van der Waals surface area contributed by atoms with Gasteiger partial charge in [-0.2, -0.15) is 0 Å². The van der Waals surface area contributed by atoms with Crippen LogP contribution in [-0.4, -0.2) is 49.3 Å². The number of rotatable bonds is 31. The topological polar surface area (TPSA) is 134 Å². The van der Waals surface area contributed by atoms with E-state index in [1.807, 2.05) is 12.2 Å². The molecule has 3 N–H and O–H groups in total. The average molecular weight is 680 g/mol. The van der Waals surface area contributed by atoms with Gasteiger partial charge in [0.05, 0.1) is 19.6 Å². The Kier molecular flexibility index (Phi) is 31.5. The van der Waals surface area contributed by atoms with E-state index in [1.54, 1.807) is 6.08 Å². The minimum Gasteiger partial charge on any atom is -0.462 e. The second-order valence-corrected chi connectivity index (χ2v) is 12.5. The summed E-state index contributed by atoms with van der Waals surface area (Å²) in [6, 6.07) is 0. The van der Waals surface area contributed by atoms with Gasteiger partial charge in [-0.05, 0) is 57.8 Å². The summed E-state index contributed by atoms with van der Waals surface area (Å²) in [5.74, 6) is -0.999. The largest absolute Gasteiger partial charge is 0.472 e. The molecule has 10 heteroatoms. The van der Waals surface area contributed by atoms with Crippen LogP contribution in [0.2, 0.25) is 0 Å². The van der Waals surface area contributed by atoms with E-state index in [0.717, 1.165) is 64.2 Å². The highest BCUT2D eigenvalue weighted by atomic mass is 31.2. The molecule has 0 saturated heterocycles. The van der Waals surface area contributed by atoms with Crippen LogP contribution < -0.4 is 5.73 Å². The van der Waals surface area contributed by atoms with Crippen molar-refractivity contribution in [1.29, 1.82) is 0 Å². The fourth-order valence-electron chi connectivity index (χ4n) is 4.04. The van der Waals surface area contributed by atoms with Crippen LogP contribution in [-0.2, 0) is 32.7 Å². The molecule has 0 aromatic heterocycles. The molecule has 0 bridgehead atoms. The normalized spacial score (nSPS) is 14.4. The summed E-state index contributed by atoms with van der Waals surface area (Å²) in [7, 11) is -4.40. The number of esters is 2. The fraction of sp³-hybridized carbons (Fsp3) is 0.622. The maximum Gasteiger partial charge on any atom is 0.472 e. The van der Waals surface area contributed by atoms with E-state index in [9.17, 15) is 19.0 Å². The zero-order valence-corrected chi connectivity index (χ0v) is 29.9. The van der Waals surface area contributed by atoms with E-state index in [-0.39, 0.29) is 32.6 Å². The number of nitrogens with two attached hydrogens (primary N) is 1. The lowest BCUT2D eigenvalue weighted by Crippen LogP contribution is -2.29. The first-order valence-corrected chi connectivity index (χ1v) is 18.9. The molecule has 0 rings (SSSR count). The second-order valence-electron chi connectivity index (χ2n) is 11.0. The molecule has 0 aliphatic heterocycles. The molecule has 2 atom stereocenters. The molecule has 0 radical (unpaired) electrons. The van der Waals surface area contributed by atoms with Crippen LogP contribution in [0.5, 0.6) is 0 Å². The lowest BCUT2D eigenvalue weighted by Gasteiger charge is -2.19. The zero-order chi connectivity index (χ0) is 34.7. The van der Waals surface area contributed by atoms with Gasteiger partial charge in [0.15, 0.2) is 6.10 Å². The van der Waals surface area contributed by atoms with Crippen molar-refractivity contribution in [1.82, 2.24) is 0 Å². The van der Waals surface area contributed by atoms with Crippen molar-refractivity contribution in [3.8, 4) is 0 Å². The summed E-state index contributed by atoms with van der Waals surface area (Å²) in [5.41, 5.74) is 5.31. The van der Waals surface area contributed by atoms with Gasteiger partial charge in [-0.15, -0.1) is 0 Å². The SMILES string of the molecule is CC/C=C\C/C=C\C/C=C\C/C=C\C/C=C\CC(=O)OC(COC(=O)CCCCCCC/C=C\CCCC)COP(=O)(O)OCCN. The van der Waals surface area contributed by atoms with E-state index in [4.69, 9.17) is 24.3 Å². The number of carbonyl (C=O) groups excluding carboxylic acids is 2. The Morgan fingerprint density at radius 1 is 0.681 bits per heavy atom. The van der Waals surface area contributed by atoms with Crippen LogP contribution in [0.4, 0.5) is 0 Å². The van der Waals surface area contributed by atoms with E-state index in [1.165, 1.54) is 12.8 Å². The van der Waals surface area contributed by atoms with Gasteiger partial charge >= 0.3 is 19.8 Å². The zero-order valence-electron chi connectivity index (χ0n) is 29.0. The molecule has 0 amide bonds. The van der Waals surface area contributed by atoms with E-state index < -0.39 is 32.5 Å². The number of unbranched alkanes of at least 4 members (excludes halogenated alkanes) is 7. The Balaban J connectivity index is 4.47. The number of phosphoric acid groups is 1. The number of phosphoric ester groups is 1. The summed E-state index contributed by atoms with van der Waals surface area (Å²) in [4.78, 5) is 34.5. The third-order valence-corrected chi connectivity index (χ3v) is 7.59. The third-order valence-electron chi connectivity index (χ3n) is 6.61. The second kappa shape index (κ2) is 33.4. The van der Waals surface area contributed by atoms with Gasteiger partial charge in [0.25, 0.3) is 0 Å². The van der Waals surface area contributed by atoms with Crippen LogP contribution in [0.3, 0.4) is 0 Å². The highest BCUT2D eigenvalue weighted by molar-refractivity contribution is 7.47. The standard InChI is InChI=1S/C37H62NO8P/c1-3-5-7-9-11-13-15-16-17-18-20-22-24-26-28-30-37(40)46-35(34-45-47(41,42)44-32-31-38)33-43-36(39)29-27-25-23-21-19-14-12-10-8-6-4-2/h5,7,10-13,16-17,20,22,26,28,35H,3-4,6,8-9,14-15,18-19,21,23-25,27,29-34,38H2,1-2H3,(H,41,42)/b7-5-,12-10-,13-11-,17-16-,22-20-,28-26-. The Hall–Kier alpha value is -2.55. The average Bonchev–Trinajstić information content (AvgIpc) is 3.05. The molecule has 2 unspecified atom stereocenters. The number of hydrogen-bond acceptors (Lipinski definition) is 8. The maximum absolute atomic E-state index is 12.4. The molecular weight excluding hydrogens is 617 g/mol. The number of ether oxygens (including phenoxy) is 2. The summed E-state index contributed by atoms with van der Waals surface area (Å²) in [6.45, 7) is 3.41. The van der Waals surface area contributed by atoms with Crippen LogP contribution in [0.1, 0.15) is 117 Å². The van der Waals surface area contributed by atoms with Crippen molar-refractivity contribution in [3.05, 3.63) is 72.9 Å².